The van der Waals surface area contributed by atoms with Crippen LogP contribution in [0.1, 0.15) is 31.4 Å². The molecule has 0 atom stereocenters. The van der Waals surface area contributed by atoms with Gasteiger partial charge in [-0.15, -0.1) is 0 Å². The molecule has 0 bridgehead atoms. The Labute approximate surface area is 131 Å². The van der Waals surface area contributed by atoms with Crippen LogP contribution < -0.4 is 10.1 Å². The second-order valence-electron chi connectivity index (χ2n) is 6.35. The molecule has 0 amide bonds. The Morgan fingerprint density at radius 1 is 1.36 bits per heavy atom. The van der Waals surface area contributed by atoms with Gasteiger partial charge in [0.05, 0.1) is 7.11 Å². The smallest absolute Gasteiger partial charge is 0.145 e. The monoisotopic (exact) mass is 300 g/mol. The van der Waals surface area contributed by atoms with Crippen molar-refractivity contribution in [2.75, 3.05) is 25.6 Å². The van der Waals surface area contributed by atoms with E-state index >= 15 is 0 Å². The highest BCUT2D eigenvalue weighted by atomic mass is 16.5. The van der Waals surface area contributed by atoms with Crippen molar-refractivity contribution in [3.8, 4) is 5.75 Å². The third-order valence-corrected chi connectivity index (χ3v) is 4.86. The maximum atomic E-state index is 9.29. The molecule has 1 fully saturated rings. The van der Waals surface area contributed by atoms with Crippen molar-refractivity contribution >= 4 is 16.6 Å². The first kappa shape index (κ1) is 15.1. The molecule has 0 radical (unpaired) electrons. The summed E-state index contributed by atoms with van der Waals surface area (Å²) in [7, 11) is 1.68. The lowest BCUT2D eigenvalue weighted by molar-refractivity contribution is 0.102. The van der Waals surface area contributed by atoms with E-state index in [1.165, 1.54) is 19.3 Å². The molecule has 2 aromatic rings. The molecule has 22 heavy (non-hydrogen) atoms. The summed E-state index contributed by atoms with van der Waals surface area (Å²) in [5.74, 6) is 0.804. The number of fused-ring (bicyclic) bond motifs is 1. The highest BCUT2D eigenvalue weighted by Crippen LogP contribution is 2.44. The van der Waals surface area contributed by atoms with E-state index in [-0.39, 0.29) is 12.0 Å². The lowest BCUT2D eigenvalue weighted by Gasteiger charge is -2.42. The molecule has 4 heteroatoms. The number of aromatic nitrogens is 1. The standard InChI is InChI=1S/C18H24N2O2/c1-13-11-15(19-12-18(9-10-21)7-4-8-18)14-5-3-6-16(22-2)17(14)20-13/h3,5-6,11,21H,4,7-10,12H2,1-2H3,(H,19,20). The molecule has 0 spiro atoms. The van der Waals surface area contributed by atoms with Crippen LogP contribution in [0, 0.1) is 12.3 Å². The summed E-state index contributed by atoms with van der Waals surface area (Å²) < 4.78 is 5.43. The number of hydrogen-bond donors (Lipinski definition) is 2. The van der Waals surface area contributed by atoms with E-state index in [0.29, 0.717) is 0 Å². The van der Waals surface area contributed by atoms with Crippen molar-refractivity contribution in [1.82, 2.24) is 4.98 Å². The average Bonchev–Trinajstić information content (AvgIpc) is 2.48. The van der Waals surface area contributed by atoms with Crippen molar-refractivity contribution in [3.05, 3.63) is 30.0 Å². The minimum atomic E-state index is 0.261. The van der Waals surface area contributed by atoms with Crippen LogP contribution in [0.3, 0.4) is 0 Å². The van der Waals surface area contributed by atoms with Crippen LogP contribution in [0.5, 0.6) is 5.75 Å². The number of nitrogens with one attached hydrogen (secondary N) is 1. The van der Waals surface area contributed by atoms with Crippen molar-refractivity contribution in [3.63, 3.8) is 0 Å². The highest BCUT2D eigenvalue weighted by molar-refractivity contribution is 5.95. The van der Waals surface area contributed by atoms with Gasteiger partial charge >= 0.3 is 0 Å². The molecule has 4 nitrogen and oxygen atoms in total. The predicted molar refractivity (Wildman–Crippen MR) is 89.5 cm³/mol. The lowest BCUT2D eigenvalue weighted by Crippen LogP contribution is -2.37. The number of anilines is 1. The molecule has 0 aliphatic heterocycles. The van der Waals surface area contributed by atoms with Crippen molar-refractivity contribution in [2.45, 2.75) is 32.6 Å². The molecule has 1 heterocycles. The minimum absolute atomic E-state index is 0.261. The van der Waals surface area contributed by atoms with Crippen LogP contribution in [-0.2, 0) is 0 Å². The van der Waals surface area contributed by atoms with Crippen LogP contribution in [0.15, 0.2) is 24.3 Å². The van der Waals surface area contributed by atoms with Gasteiger partial charge in [-0.1, -0.05) is 18.6 Å². The van der Waals surface area contributed by atoms with Gasteiger partial charge in [0, 0.05) is 29.9 Å². The van der Waals surface area contributed by atoms with Gasteiger partial charge in [0.15, 0.2) is 0 Å². The molecule has 0 unspecified atom stereocenters. The van der Waals surface area contributed by atoms with Crippen LogP contribution in [0.25, 0.3) is 10.9 Å². The van der Waals surface area contributed by atoms with E-state index in [2.05, 4.69) is 22.4 Å². The van der Waals surface area contributed by atoms with Gasteiger partial charge in [0.2, 0.25) is 0 Å². The van der Waals surface area contributed by atoms with Gasteiger partial charge in [-0.05, 0) is 43.7 Å². The number of pyridine rings is 1. The first-order valence-corrected chi connectivity index (χ1v) is 7.96. The number of aliphatic hydroxyl groups is 1. The number of benzene rings is 1. The lowest BCUT2D eigenvalue weighted by atomic mass is 9.66. The first-order chi connectivity index (χ1) is 10.7. The number of aliphatic hydroxyl groups excluding tert-OH is 1. The zero-order chi connectivity index (χ0) is 15.6. The fourth-order valence-electron chi connectivity index (χ4n) is 3.37. The molecular formula is C18H24N2O2. The molecule has 2 N–H and O–H groups in total. The highest BCUT2D eigenvalue weighted by Gasteiger charge is 2.36. The number of para-hydroxylation sites is 1. The Kier molecular flexibility index (Phi) is 4.21. The molecule has 118 valence electrons. The van der Waals surface area contributed by atoms with Gasteiger partial charge in [0.1, 0.15) is 11.3 Å². The SMILES string of the molecule is COc1cccc2c(NCC3(CCO)CCC3)cc(C)nc12. The molecule has 1 aliphatic carbocycles. The second kappa shape index (κ2) is 6.13. The van der Waals surface area contributed by atoms with Gasteiger partial charge in [-0.3, -0.25) is 0 Å². The predicted octanol–water partition coefficient (Wildman–Crippen LogP) is 3.52. The number of methoxy groups -OCH3 is 1. The molecule has 1 aliphatic rings. The Balaban J connectivity index is 1.90. The summed E-state index contributed by atoms with van der Waals surface area (Å²) in [6, 6.07) is 8.10. The van der Waals surface area contributed by atoms with Gasteiger partial charge < -0.3 is 15.2 Å². The Morgan fingerprint density at radius 2 is 2.18 bits per heavy atom. The Morgan fingerprint density at radius 3 is 2.82 bits per heavy atom. The molecule has 1 aromatic heterocycles. The zero-order valence-corrected chi connectivity index (χ0v) is 13.4. The molecule has 1 saturated carbocycles. The van der Waals surface area contributed by atoms with Crippen LogP contribution in [0.4, 0.5) is 5.69 Å². The van der Waals surface area contributed by atoms with Crippen molar-refractivity contribution in [2.24, 2.45) is 5.41 Å². The van der Waals surface area contributed by atoms with E-state index in [9.17, 15) is 5.11 Å². The summed E-state index contributed by atoms with van der Waals surface area (Å²) in [5.41, 5.74) is 3.24. The summed E-state index contributed by atoms with van der Waals surface area (Å²) in [6.45, 7) is 3.18. The maximum absolute atomic E-state index is 9.29. The van der Waals surface area contributed by atoms with E-state index in [4.69, 9.17) is 4.74 Å². The first-order valence-electron chi connectivity index (χ1n) is 7.96. The third kappa shape index (κ3) is 2.75. The van der Waals surface area contributed by atoms with E-state index in [1.54, 1.807) is 7.11 Å². The average molecular weight is 300 g/mol. The third-order valence-electron chi connectivity index (χ3n) is 4.86. The van der Waals surface area contributed by atoms with Gasteiger partial charge in [0.25, 0.3) is 0 Å². The number of hydrogen-bond acceptors (Lipinski definition) is 4. The van der Waals surface area contributed by atoms with Gasteiger partial charge in [-0.2, -0.15) is 0 Å². The fraction of sp³-hybridized carbons (Fsp3) is 0.500. The van der Waals surface area contributed by atoms with Crippen LogP contribution in [0.2, 0.25) is 0 Å². The van der Waals surface area contributed by atoms with E-state index < -0.39 is 0 Å². The van der Waals surface area contributed by atoms with Crippen molar-refractivity contribution in [1.29, 1.82) is 0 Å². The Hall–Kier alpha value is -1.81. The van der Waals surface area contributed by atoms with Crippen LogP contribution >= 0.6 is 0 Å². The second-order valence-corrected chi connectivity index (χ2v) is 6.35. The maximum Gasteiger partial charge on any atom is 0.145 e. The molecule has 3 rings (SSSR count). The fourth-order valence-corrected chi connectivity index (χ4v) is 3.37. The van der Waals surface area contributed by atoms with Gasteiger partial charge in [-0.25, -0.2) is 4.98 Å². The largest absolute Gasteiger partial charge is 0.494 e. The summed E-state index contributed by atoms with van der Waals surface area (Å²) in [4.78, 5) is 4.62. The molecule has 1 aromatic carbocycles. The normalized spacial score (nSPS) is 16.3. The van der Waals surface area contributed by atoms with E-state index in [1.807, 2.05) is 19.1 Å². The quantitative estimate of drug-likeness (QED) is 0.857. The topological polar surface area (TPSA) is 54.4 Å². The van der Waals surface area contributed by atoms with Crippen molar-refractivity contribution < 1.29 is 9.84 Å². The Bertz CT molecular complexity index is 665. The molecular weight excluding hydrogens is 276 g/mol. The van der Waals surface area contributed by atoms with E-state index in [0.717, 1.165) is 41.0 Å². The summed E-state index contributed by atoms with van der Waals surface area (Å²) >= 11 is 0. The molecule has 0 saturated heterocycles. The van der Waals surface area contributed by atoms with Crippen LogP contribution in [-0.4, -0.2) is 30.4 Å². The summed E-state index contributed by atoms with van der Waals surface area (Å²) in [6.07, 6.45) is 4.55. The zero-order valence-electron chi connectivity index (χ0n) is 13.4. The summed E-state index contributed by atoms with van der Waals surface area (Å²) in [5, 5.41) is 14.0. The minimum Gasteiger partial charge on any atom is -0.494 e. The number of aryl methyl sites for hydroxylation is 1. The number of rotatable bonds is 6. The number of nitrogens with zero attached hydrogens (tertiary/aromatic N) is 1. The number of ether oxygens (including phenoxy) is 1.